The summed E-state index contributed by atoms with van der Waals surface area (Å²) in [6.45, 7) is 0.351. The van der Waals surface area contributed by atoms with Crippen molar-refractivity contribution in [1.82, 2.24) is 4.57 Å². The van der Waals surface area contributed by atoms with Crippen molar-refractivity contribution in [2.24, 2.45) is 0 Å². The van der Waals surface area contributed by atoms with Crippen molar-refractivity contribution in [2.75, 3.05) is 0 Å². The summed E-state index contributed by atoms with van der Waals surface area (Å²) >= 11 is 5.96. The fraction of sp³-hybridized carbons (Fsp3) is 0.0833. The zero-order chi connectivity index (χ0) is 14.0. The number of aromatic carboxylic acids is 1. The van der Waals surface area contributed by atoms with Gasteiger partial charge < -0.3 is 9.67 Å². The van der Waals surface area contributed by atoms with Gasteiger partial charge in [-0.1, -0.05) is 11.6 Å². The number of aromatic nitrogens is 1. The smallest absolute Gasteiger partial charge is 0.337 e. The number of rotatable bonds is 4. The number of nitro benzene ring substituents is 1. The number of benzene rings is 1. The number of hydrogen-bond acceptors (Lipinski definition) is 3. The Morgan fingerprint density at radius 1 is 1.42 bits per heavy atom. The minimum Gasteiger partial charge on any atom is -0.478 e. The third-order valence-electron chi connectivity index (χ3n) is 2.60. The van der Waals surface area contributed by atoms with Gasteiger partial charge in [0.1, 0.15) is 0 Å². The molecule has 0 unspecified atom stereocenters. The first-order valence-corrected chi connectivity index (χ1v) is 5.67. The number of carboxylic acids is 1. The van der Waals surface area contributed by atoms with Gasteiger partial charge in [0.15, 0.2) is 0 Å². The van der Waals surface area contributed by atoms with Crippen LogP contribution in [0.1, 0.15) is 15.9 Å². The Morgan fingerprint density at radius 2 is 2.16 bits per heavy atom. The highest BCUT2D eigenvalue weighted by molar-refractivity contribution is 6.31. The monoisotopic (exact) mass is 280 g/mol. The Kier molecular flexibility index (Phi) is 3.52. The molecule has 2 rings (SSSR count). The third-order valence-corrected chi connectivity index (χ3v) is 2.95. The van der Waals surface area contributed by atoms with Gasteiger partial charge in [0.05, 0.1) is 15.5 Å². The van der Waals surface area contributed by atoms with Crippen LogP contribution in [0.5, 0.6) is 0 Å². The average Bonchev–Trinajstić information content (AvgIpc) is 2.80. The molecule has 0 fully saturated rings. The van der Waals surface area contributed by atoms with Crippen molar-refractivity contribution in [2.45, 2.75) is 6.54 Å². The molecule has 0 radical (unpaired) electrons. The predicted molar refractivity (Wildman–Crippen MR) is 68.6 cm³/mol. The van der Waals surface area contributed by atoms with Crippen LogP contribution in [0.3, 0.4) is 0 Å². The van der Waals surface area contributed by atoms with Crippen molar-refractivity contribution in [1.29, 1.82) is 0 Å². The molecule has 0 aliphatic rings. The summed E-state index contributed by atoms with van der Waals surface area (Å²) in [5.74, 6) is -1.01. The molecule has 0 atom stereocenters. The Morgan fingerprint density at radius 3 is 2.68 bits per heavy atom. The molecule has 1 heterocycles. The summed E-state index contributed by atoms with van der Waals surface area (Å²) in [4.78, 5) is 20.8. The Labute approximate surface area is 113 Å². The molecule has 0 bridgehead atoms. The van der Waals surface area contributed by atoms with Crippen molar-refractivity contribution < 1.29 is 14.8 Å². The SMILES string of the molecule is O=C(O)c1ccn(Cc2ccc([N+](=O)[O-])cc2Cl)c1. The maximum atomic E-state index is 10.7. The van der Waals surface area contributed by atoms with Crippen LogP contribution in [-0.4, -0.2) is 20.6 Å². The molecule has 98 valence electrons. The number of non-ortho nitro benzene ring substituents is 1. The van der Waals surface area contributed by atoms with Crippen molar-refractivity contribution in [3.05, 3.63) is 62.9 Å². The Hall–Kier alpha value is -2.34. The first-order valence-electron chi connectivity index (χ1n) is 5.29. The Bertz CT molecular complexity index is 651. The molecule has 7 heteroatoms. The number of carbonyl (C=O) groups is 1. The van der Waals surface area contributed by atoms with E-state index in [1.54, 1.807) is 16.8 Å². The van der Waals surface area contributed by atoms with Crippen LogP contribution in [-0.2, 0) is 6.54 Å². The third kappa shape index (κ3) is 2.92. The van der Waals surface area contributed by atoms with E-state index in [1.807, 2.05) is 0 Å². The molecule has 0 saturated heterocycles. The molecule has 1 N–H and O–H groups in total. The van der Waals surface area contributed by atoms with E-state index in [1.165, 1.54) is 24.4 Å². The van der Waals surface area contributed by atoms with Gasteiger partial charge in [-0.2, -0.15) is 0 Å². The van der Waals surface area contributed by atoms with Gasteiger partial charge in [-0.05, 0) is 17.7 Å². The van der Waals surface area contributed by atoms with E-state index in [0.29, 0.717) is 12.1 Å². The summed E-state index contributed by atoms with van der Waals surface area (Å²) < 4.78 is 1.65. The summed E-state index contributed by atoms with van der Waals surface area (Å²) in [5.41, 5.74) is 0.783. The zero-order valence-electron chi connectivity index (χ0n) is 9.62. The first kappa shape index (κ1) is 13.1. The number of halogens is 1. The van der Waals surface area contributed by atoms with Crippen LogP contribution in [0.15, 0.2) is 36.7 Å². The van der Waals surface area contributed by atoms with E-state index in [9.17, 15) is 14.9 Å². The topological polar surface area (TPSA) is 85.4 Å². The van der Waals surface area contributed by atoms with Crippen LogP contribution in [0.4, 0.5) is 5.69 Å². The second kappa shape index (κ2) is 5.11. The molecule has 2 aromatic rings. The van der Waals surface area contributed by atoms with E-state index in [2.05, 4.69) is 0 Å². The summed E-state index contributed by atoms with van der Waals surface area (Å²) in [6, 6.07) is 5.67. The molecule has 0 aliphatic carbocycles. The van der Waals surface area contributed by atoms with Crippen molar-refractivity contribution >= 4 is 23.3 Å². The van der Waals surface area contributed by atoms with Gasteiger partial charge in [-0.25, -0.2) is 4.79 Å². The first-order chi connectivity index (χ1) is 8.97. The van der Waals surface area contributed by atoms with Crippen LogP contribution in [0.25, 0.3) is 0 Å². The van der Waals surface area contributed by atoms with Crippen LogP contribution >= 0.6 is 11.6 Å². The number of carboxylic acid groups (broad SMARTS) is 1. The van der Waals surface area contributed by atoms with Gasteiger partial charge in [-0.3, -0.25) is 10.1 Å². The minimum absolute atomic E-state index is 0.0764. The van der Waals surface area contributed by atoms with Gasteiger partial charge in [0, 0.05) is 31.1 Å². The standard InChI is InChI=1S/C12H9ClN2O4/c13-11-5-10(15(18)19)2-1-8(11)6-14-4-3-9(7-14)12(16)17/h1-5,7H,6H2,(H,16,17). The molecular weight excluding hydrogens is 272 g/mol. The fourth-order valence-corrected chi connectivity index (χ4v) is 1.87. The van der Waals surface area contributed by atoms with E-state index in [0.717, 1.165) is 0 Å². The van der Waals surface area contributed by atoms with Gasteiger partial charge >= 0.3 is 5.97 Å². The number of hydrogen-bond donors (Lipinski definition) is 1. The lowest BCUT2D eigenvalue weighted by atomic mass is 10.2. The lowest BCUT2D eigenvalue weighted by molar-refractivity contribution is -0.384. The second-order valence-corrected chi connectivity index (χ2v) is 4.32. The summed E-state index contributed by atoms with van der Waals surface area (Å²) in [6.07, 6.45) is 3.08. The molecular formula is C12H9ClN2O4. The van der Waals surface area contributed by atoms with Crippen molar-refractivity contribution in [3.8, 4) is 0 Å². The highest BCUT2D eigenvalue weighted by Crippen LogP contribution is 2.23. The fourth-order valence-electron chi connectivity index (χ4n) is 1.64. The zero-order valence-corrected chi connectivity index (χ0v) is 10.4. The highest BCUT2D eigenvalue weighted by atomic mass is 35.5. The quantitative estimate of drug-likeness (QED) is 0.689. The van der Waals surface area contributed by atoms with Gasteiger partial charge in [0.2, 0.25) is 0 Å². The second-order valence-electron chi connectivity index (χ2n) is 3.91. The maximum absolute atomic E-state index is 10.7. The van der Waals surface area contributed by atoms with E-state index in [4.69, 9.17) is 16.7 Å². The molecule has 0 amide bonds. The lowest BCUT2D eigenvalue weighted by Gasteiger charge is -2.05. The summed E-state index contributed by atoms with van der Waals surface area (Å²) in [7, 11) is 0. The molecule has 0 saturated carbocycles. The average molecular weight is 281 g/mol. The van der Waals surface area contributed by atoms with E-state index in [-0.39, 0.29) is 16.3 Å². The normalized spacial score (nSPS) is 10.4. The molecule has 0 aliphatic heterocycles. The number of nitrogens with zero attached hydrogens (tertiary/aromatic N) is 2. The van der Waals surface area contributed by atoms with E-state index >= 15 is 0 Å². The minimum atomic E-state index is -1.01. The van der Waals surface area contributed by atoms with Crippen molar-refractivity contribution in [3.63, 3.8) is 0 Å². The Balaban J connectivity index is 2.23. The van der Waals surface area contributed by atoms with Crippen LogP contribution in [0.2, 0.25) is 5.02 Å². The number of nitro groups is 1. The molecule has 0 spiro atoms. The van der Waals surface area contributed by atoms with Crippen LogP contribution in [0, 0.1) is 10.1 Å². The molecule has 19 heavy (non-hydrogen) atoms. The maximum Gasteiger partial charge on any atom is 0.337 e. The summed E-state index contributed by atoms with van der Waals surface area (Å²) in [5, 5.41) is 19.7. The molecule has 1 aromatic heterocycles. The molecule has 1 aromatic carbocycles. The van der Waals surface area contributed by atoms with Crippen LogP contribution < -0.4 is 0 Å². The largest absolute Gasteiger partial charge is 0.478 e. The predicted octanol–water partition coefficient (Wildman–Crippen LogP) is 2.80. The van der Waals surface area contributed by atoms with Gasteiger partial charge in [0.25, 0.3) is 5.69 Å². The molecule has 6 nitrogen and oxygen atoms in total. The van der Waals surface area contributed by atoms with Gasteiger partial charge in [-0.15, -0.1) is 0 Å². The lowest BCUT2D eigenvalue weighted by Crippen LogP contribution is -1.99. The highest BCUT2D eigenvalue weighted by Gasteiger charge is 2.10. The van der Waals surface area contributed by atoms with E-state index < -0.39 is 10.9 Å².